The number of ether oxygens (including phenoxy) is 2. The van der Waals surface area contributed by atoms with E-state index in [0.717, 1.165) is 22.5 Å². The number of hydrogen-bond donors (Lipinski definition) is 1. The molecule has 0 heterocycles. The van der Waals surface area contributed by atoms with Crippen molar-refractivity contribution >= 4 is 28.3 Å². The van der Waals surface area contributed by atoms with E-state index in [1.165, 1.54) is 5.56 Å². The Bertz CT molecular complexity index is 372. The second-order valence-corrected chi connectivity index (χ2v) is 4.93. The molecular formula is C13H21BrClNO2. The lowest BCUT2D eigenvalue weighted by molar-refractivity contribution is 0.309. The molecule has 1 aromatic carbocycles. The van der Waals surface area contributed by atoms with E-state index < -0.39 is 0 Å². The van der Waals surface area contributed by atoms with E-state index in [4.69, 9.17) is 9.47 Å². The Morgan fingerprint density at radius 1 is 1.33 bits per heavy atom. The highest BCUT2D eigenvalue weighted by molar-refractivity contribution is 9.10. The van der Waals surface area contributed by atoms with Crippen molar-refractivity contribution in [1.82, 2.24) is 5.32 Å². The van der Waals surface area contributed by atoms with Crippen molar-refractivity contribution in [3.05, 3.63) is 22.2 Å². The Labute approximate surface area is 124 Å². The fourth-order valence-electron chi connectivity index (χ4n) is 1.51. The van der Waals surface area contributed by atoms with Gasteiger partial charge in [-0.15, -0.1) is 12.4 Å². The first-order valence-corrected chi connectivity index (χ1v) is 6.60. The molecule has 0 aliphatic carbocycles. The molecule has 0 aliphatic rings. The summed E-state index contributed by atoms with van der Waals surface area (Å²) in [5.74, 6) is 1.53. The molecular weight excluding hydrogens is 318 g/mol. The van der Waals surface area contributed by atoms with Gasteiger partial charge in [0.15, 0.2) is 11.5 Å². The quantitative estimate of drug-likeness (QED) is 0.856. The van der Waals surface area contributed by atoms with Crippen LogP contribution in [0.4, 0.5) is 0 Å². The maximum atomic E-state index is 5.57. The summed E-state index contributed by atoms with van der Waals surface area (Å²) in [7, 11) is 1.65. The number of halogens is 2. The topological polar surface area (TPSA) is 30.5 Å². The molecule has 0 atom stereocenters. The van der Waals surface area contributed by atoms with Crippen molar-refractivity contribution in [3.63, 3.8) is 0 Å². The van der Waals surface area contributed by atoms with Crippen LogP contribution in [0.2, 0.25) is 0 Å². The molecule has 1 rings (SSSR count). The average Bonchev–Trinajstić information content (AvgIpc) is 2.26. The summed E-state index contributed by atoms with van der Waals surface area (Å²) >= 11 is 3.50. The monoisotopic (exact) mass is 337 g/mol. The van der Waals surface area contributed by atoms with Crippen LogP contribution >= 0.6 is 28.3 Å². The van der Waals surface area contributed by atoms with Gasteiger partial charge in [-0.05, 0) is 40.5 Å². The van der Waals surface area contributed by atoms with Gasteiger partial charge in [0.25, 0.3) is 0 Å². The van der Waals surface area contributed by atoms with Crippen LogP contribution in [-0.4, -0.2) is 19.8 Å². The van der Waals surface area contributed by atoms with Crippen molar-refractivity contribution < 1.29 is 9.47 Å². The molecule has 0 unspecified atom stereocenters. The second kappa shape index (κ2) is 8.62. The molecule has 1 N–H and O–H groups in total. The second-order valence-electron chi connectivity index (χ2n) is 4.08. The zero-order chi connectivity index (χ0) is 12.8. The van der Waals surface area contributed by atoms with Gasteiger partial charge < -0.3 is 14.8 Å². The Morgan fingerprint density at radius 3 is 2.50 bits per heavy atom. The van der Waals surface area contributed by atoms with Crippen LogP contribution in [0.1, 0.15) is 26.3 Å². The predicted octanol–water partition coefficient (Wildman–Crippen LogP) is 3.78. The van der Waals surface area contributed by atoms with Crippen LogP contribution in [0.3, 0.4) is 0 Å². The predicted molar refractivity (Wildman–Crippen MR) is 81.1 cm³/mol. The maximum absolute atomic E-state index is 5.57. The van der Waals surface area contributed by atoms with Gasteiger partial charge in [-0.25, -0.2) is 0 Å². The summed E-state index contributed by atoms with van der Waals surface area (Å²) in [6.07, 6.45) is 0. The molecule has 104 valence electrons. The summed E-state index contributed by atoms with van der Waals surface area (Å²) in [4.78, 5) is 0. The van der Waals surface area contributed by atoms with E-state index >= 15 is 0 Å². The number of methoxy groups -OCH3 is 1. The maximum Gasteiger partial charge on any atom is 0.174 e. The molecule has 0 fully saturated rings. The lowest BCUT2D eigenvalue weighted by Crippen LogP contribution is -2.21. The van der Waals surface area contributed by atoms with Gasteiger partial charge >= 0.3 is 0 Å². The fourth-order valence-corrected chi connectivity index (χ4v) is 2.16. The molecule has 1 aromatic rings. The molecule has 0 spiro atoms. The van der Waals surface area contributed by atoms with E-state index in [1.54, 1.807) is 7.11 Å². The third-order valence-corrected chi connectivity index (χ3v) is 2.88. The number of benzene rings is 1. The average molecular weight is 339 g/mol. The van der Waals surface area contributed by atoms with Crippen LogP contribution < -0.4 is 14.8 Å². The highest BCUT2D eigenvalue weighted by Crippen LogP contribution is 2.36. The third-order valence-electron chi connectivity index (χ3n) is 2.29. The number of hydrogen-bond acceptors (Lipinski definition) is 3. The highest BCUT2D eigenvalue weighted by Gasteiger charge is 2.11. The lowest BCUT2D eigenvalue weighted by Gasteiger charge is -2.14. The van der Waals surface area contributed by atoms with Crippen molar-refractivity contribution in [1.29, 1.82) is 0 Å². The SMILES string of the molecule is CCOc1cc(CNC(C)C)cc(Br)c1OC.Cl. The van der Waals surface area contributed by atoms with E-state index in [9.17, 15) is 0 Å². The first-order valence-electron chi connectivity index (χ1n) is 5.81. The normalized spacial score (nSPS) is 10.1. The van der Waals surface area contributed by atoms with Crippen molar-refractivity contribution in [2.24, 2.45) is 0 Å². The van der Waals surface area contributed by atoms with Crippen LogP contribution in [0.25, 0.3) is 0 Å². The molecule has 18 heavy (non-hydrogen) atoms. The minimum absolute atomic E-state index is 0. The zero-order valence-corrected chi connectivity index (χ0v) is 13.7. The Morgan fingerprint density at radius 2 is 2.00 bits per heavy atom. The van der Waals surface area contributed by atoms with Gasteiger partial charge in [0.2, 0.25) is 0 Å². The van der Waals surface area contributed by atoms with Crippen LogP contribution in [-0.2, 0) is 6.54 Å². The lowest BCUT2D eigenvalue weighted by atomic mass is 10.2. The standard InChI is InChI=1S/C13H20BrNO2.ClH/c1-5-17-12-7-10(8-15-9(2)3)6-11(14)13(12)16-4;/h6-7,9,15H,5,8H2,1-4H3;1H. The van der Waals surface area contributed by atoms with Crippen LogP contribution in [0, 0.1) is 0 Å². The minimum atomic E-state index is 0. The third kappa shape index (κ3) is 5.04. The van der Waals surface area contributed by atoms with Gasteiger partial charge in [0.05, 0.1) is 18.2 Å². The number of nitrogens with one attached hydrogen (secondary N) is 1. The summed E-state index contributed by atoms with van der Waals surface area (Å²) < 4.78 is 11.8. The van der Waals surface area contributed by atoms with Gasteiger partial charge in [-0.1, -0.05) is 13.8 Å². The summed E-state index contributed by atoms with van der Waals surface area (Å²) in [5.41, 5.74) is 1.18. The molecule has 0 radical (unpaired) electrons. The summed E-state index contributed by atoms with van der Waals surface area (Å²) in [6, 6.07) is 4.53. The first kappa shape index (κ1) is 17.6. The first-order chi connectivity index (χ1) is 8.08. The van der Waals surface area contributed by atoms with Crippen LogP contribution in [0.15, 0.2) is 16.6 Å². The Kier molecular flexibility index (Phi) is 8.40. The van der Waals surface area contributed by atoms with Crippen molar-refractivity contribution in [2.75, 3.05) is 13.7 Å². The molecule has 3 nitrogen and oxygen atoms in total. The highest BCUT2D eigenvalue weighted by atomic mass is 79.9. The minimum Gasteiger partial charge on any atom is -0.492 e. The van der Waals surface area contributed by atoms with Gasteiger partial charge in [0.1, 0.15) is 0 Å². The molecule has 0 aromatic heterocycles. The largest absolute Gasteiger partial charge is 0.492 e. The Hall–Kier alpha value is -0.450. The molecule has 0 amide bonds. The molecule has 0 saturated heterocycles. The van der Waals surface area contributed by atoms with Crippen LogP contribution in [0.5, 0.6) is 11.5 Å². The van der Waals surface area contributed by atoms with Gasteiger partial charge in [-0.2, -0.15) is 0 Å². The van der Waals surface area contributed by atoms with Crippen molar-refractivity contribution in [3.8, 4) is 11.5 Å². The fraction of sp³-hybridized carbons (Fsp3) is 0.538. The van der Waals surface area contributed by atoms with E-state index in [-0.39, 0.29) is 12.4 Å². The van der Waals surface area contributed by atoms with E-state index in [0.29, 0.717) is 12.6 Å². The van der Waals surface area contributed by atoms with Crippen molar-refractivity contribution in [2.45, 2.75) is 33.4 Å². The molecule has 5 heteroatoms. The smallest absolute Gasteiger partial charge is 0.174 e. The molecule has 0 saturated carbocycles. The van der Waals surface area contributed by atoms with E-state index in [2.05, 4.69) is 41.2 Å². The van der Waals surface area contributed by atoms with Gasteiger partial charge in [0, 0.05) is 12.6 Å². The zero-order valence-electron chi connectivity index (χ0n) is 11.2. The summed E-state index contributed by atoms with van der Waals surface area (Å²) in [6.45, 7) is 7.67. The van der Waals surface area contributed by atoms with E-state index in [1.807, 2.05) is 13.0 Å². The van der Waals surface area contributed by atoms with Gasteiger partial charge in [-0.3, -0.25) is 0 Å². The summed E-state index contributed by atoms with van der Waals surface area (Å²) in [5, 5.41) is 3.38. The molecule has 0 aliphatic heterocycles. The molecule has 0 bridgehead atoms. The number of rotatable bonds is 6. The Balaban J connectivity index is 0.00000289.